The first-order valence-electron chi connectivity index (χ1n) is 7.02. The molecule has 1 aliphatic rings. The minimum atomic E-state index is 0.327. The molecule has 19 heavy (non-hydrogen) atoms. The lowest BCUT2D eigenvalue weighted by molar-refractivity contribution is 0.153. The topological polar surface area (TPSA) is 36.5 Å². The maximum absolute atomic E-state index is 5.32. The van der Waals surface area contributed by atoms with Crippen molar-refractivity contribution in [2.24, 2.45) is 0 Å². The van der Waals surface area contributed by atoms with Crippen molar-refractivity contribution in [3.05, 3.63) is 29.8 Å². The lowest BCUT2D eigenvalue weighted by Gasteiger charge is -2.37. The van der Waals surface area contributed by atoms with Crippen LogP contribution in [0.15, 0.2) is 24.3 Å². The van der Waals surface area contributed by atoms with Gasteiger partial charge in [0.25, 0.3) is 0 Å². The molecule has 1 aromatic carbocycles. The Labute approximate surface area is 116 Å². The number of piperazine rings is 1. The Morgan fingerprint density at radius 1 is 1.32 bits per heavy atom. The van der Waals surface area contributed by atoms with Crippen LogP contribution < -0.4 is 15.4 Å². The highest BCUT2D eigenvalue weighted by Gasteiger charge is 2.24. The lowest BCUT2D eigenvalue weighted by atomic mass is 9.98. The Hall–Kier alpha value is -1.10. The number of benzene rings is 1. The van der Waals surface area contributed by atoms with E-state index in [1.54, 1.807) is 7.11 Å². The molecule has 4 nitrogen and oxygen atoms in total. The van der Waals surface area contributed by atoms with Crippen molar-refractivity contribution in [1.29, 1.82) is 0 Å². The molecule has 1 heterocycles. The Bertz CT molecular complexity index is 391. The third-order valence-corrected chi connectivity index (χ3v) is 3.97. The van der Waals surface area contributed by atoms with E-state index < -0.39 is 0 Å². The fraction of sp³-hybridized carbons (Fsp3) is 0.600. The Morgan fingerprint density at radius 2 is 2.05 bits per heavy atom. The summed E-state index contributed by atoms with van der Waals surface area (Å²) in [5, 5.41) is 6.85. The van der Waals surface area contributed by atoms with E-state index in [0.29, 0.717) is 12.1 Å². The normalized spacial score (nSPS) is 19.9. The third kappa shape index (κ3) is 3.47. The minimum Gasteiger partial charge on any atom is -0.497 e. The zero-order valence-electron chi connectivity index (χ0n) is 12.1. The highest BCUT2D eigenvalue weighted by atomic mass is 16.5. The van der Waals surface area contributed by atoms with E-state index in [-0.39, 0.29) is 0 Å². The van der Waals surface area contributed by atoms with Gasteiger partial charge in [0, 0.05) is 38.3 Å². The van der Waals surface area contributed by atoms with Crippen LogP contribution in [-0.2, 0) is 0 Å². The second-order valence-electron chi connectivity index (χ2n) is 5.07. The summed E-state index contributed by atoms with van der Waals surface area (Å²) >= 11 is 0. The van der Waals surface area contributed by atoms with Gasteiger partial charge in [0.05, 0.1) is 7.11 Å². The molecular weight excluding hydrogens is 238 g/mol. The van der Waals surface area contributed by atoms with Gasteiger partial charge in [0.2, 0.25) is 0 Å². The van der Waals surface area contributed by atoms with Gasteiger partial charge in [-0.25, -0.2) is 0 Å². The summed E-state index contributed by atoms with van der Waals surface area (Å²) in [4.78, 5) is 2.54. The van der Waals surface area contributed by atoms with Crippen molar-refractivity contribution in [1.82, 2.24) is 15.5 Å². The average Bonchev–Trinajstić information content (AvgIpc) is 2.49. The first-order valence-corrected chi connectivity index (χ1v) is 7.02. The number of nitrogens with one attached hydrogen (secondary N) is 2. The zero-order valence-corrected chi connectivity index (χ0v) is 12.1. The molecule has 4 heteroatoms. The number of ether oxygens (including phenoxy) is 1. The summed E-state index contributed by atoms with van der Waals surface area (Å²) in [6.07, 6.45) is 0. The van der Waals surface area contributed by atoms with Crippen molar-refractivity contribution in [2.75, 3.05) is 40.3 Å². The highest BCUT2D eigenvalue weighted by molar-refractivity contribution is 5.31. The molecule has 0 radical (unpaired) electrons. The second-order valence-corrected chi connectivity index (χ2v) is 5.07. The molecule has 1 aliphatic heterocycles. The summed E-state index contributed by atoms with van der Waals surface area (Å²) in [5.74, 6) is 0.922. The number of rotatable bonds is 5. The standard InChI is InChI=1S/C15H25N3O/c1-12(18-9-7-17-8-10-18)15(16-2)13-5-4-6-14(11-13)19-3/h4-6,11-12,15-17H,7-10H2,1-3H3. The molecule has 0 aliphatic carbocycles. The predicted molar refractivity (Wildman–Crippen MR) is 78.7 cm³/mol. The SMILES string of the molecule is CNC(c1cccc(OC)c1)C(C)N1CCNCC1. The van der Waals surface area contributed by atoms with Crippen LogP contribution in [0.2, 0.25) is 0 Å². The molecule has 0 spiro atoms. The molecule has 1 fully saturated rings. The van der Waals surface area contributed by atoms with Crippen LogP contribution in [0.5, 0.6) is 5.75 Å². The molecule has 0 aromatic heterocycles. The van der Waals surface area contributed by atoms with E-state index in [1.165, 1.54) is 5.56 Å². The molecule has 2 rings (SSSR count). The van der Waals surface area contributed by atoms with Crippen LogP contribution in [0.4, 0.5) is 0 Å². The summed E-state index contributed by atoms with van der Waals surface area (Å²) in [5.41, 5.74) is 1.29. The van der Waals surface area contributed by atoms with Gasteiger partial charge in [0.15, 0.2) is 0 Å². The number of likely N-dealkylation sites (N-methyl/N-ethyl adjacent to an activating group) is 1. The van der Waals surface area contributed by atoms with E-state index >= 15 is 0 Å². The van der Waals surface area contributed by atoms with Gasteiger partial charge in [-0.05, 0) is 31.7 Å². The largest absolute Gasteiger partial charge is 0.497 e. The maximum Gasteiger partial charge on any atom is 0.119 e. The summed E-state index contributed by atoms with van der Waals surface area (Å²) in [6, 6.07) is 9.14. The van der Waals surface area contributed by atoms with Crippen molar-refractivity contribution in [3.8, 4) is 5.75 Å². The first-order chi connectivity index (χ1) is 9.26. The smallest absolute Gasteiger partial charge is 0.119 e. The van der Waals surface area contributed by atoms with Gasteiger partial charge < -0.3 is 15.4 Å². The zero-order chi connectivity index (χ0) is 13.7. The van der Waals surface area contributed by atoms with E-state index in [9.17, 15) is 0 Å². The minimum absolute atomic E-state index is 0.327. The van der Waals surface area contributed by atoms with Crippen molar-refractivity contribution in [2.45, 2.75) is 19.0 Å². The summed E-state index contributed by atoms with van der Waals surface area (Å²) in [6.45, 7) is 6.69. The first kappa shape index (κ1) is 14.3. The van der Waals surface area contributed by atoms with Crippen molar-refractivity contribution >= 4 is 0 Å². The van der Waals surface area contributed by atoms with Crippen LogP contribution in [0.25, 0.3) is 0 Å². The highest BCUT2D eigenvalue weighted by Crippen LogP contribution is 2.24. The van der Waals surface area contributed by atoms with Crippen molar-refractivity contribution < 1.29 is 4.74 Å². The second kappa shape index (κ2) is 6.89. The summed E-state index contributed by atoms with van der Waals surface area (Å²) < 4.78 is 5.32. The quantitative estimate of drug-likeness (QED) is 0.838. The van der Waals surface area contributed by atoms with Gasteiger partial charge in [0.1, 0.15) is 5.75 Å². The van der Waals surface area contributed by atoms with Gasteiger partial charge in [-0.1, -0.05) is 12.1 Å². The number of hydrogen-bond donors (Lipinski definition) is 2. The monoisotopic (exact) mass is 263 g/mol. The fourth-order valence-electron chi connectivity index (χ4n) is 2.82. The maximum atomic E-state index is 5.32. The Balaban J connectivity index is 2.13. The predicted octanol–water partition coefficient (Wildman–Crippen LogP) is 1.25. The number of hydrogen-bond acceptors (Lipinski definition) is 4. The molecule has 0 amide bonds. The van der Waals surface area contributed by atoms with E-state index in [4.69, 9.17) is 4.74 Å². The van der Waals surface area contributed by atoms with Crippen LogP contribution in [0.3, 0.4) is 0 Å². The molecular formula is C15H25N3O. The van der Waals surface area contributed by atoms with Gasteiger partial charge in [-0.15, -0.1) is 0 Å². The van der Waals surface area contributed by atoms with Crippen molar-refractivity contribution in [3.63, 3.8) is 0 Å². The van der Waals surface area contributed by atoms with E-state index in [2.05, 4.69) is 40.7 Å². The molecule has 1 aromatic rings. The van der Waals surface area contributed by atoms with E-state index in [0.717, 1.165) is 31.9 Å². The van der Waals surface area contributed by atoms with Gasteiger partial charge in [-0.3, -0.25) is 4.90 Å². The van der Waals surface area contributed by atoms with Crippen LogP contribution in [0.1, 0.15) is 18.5 Å². The Kier molecular flexibility index (Phi) is 5.19. The third-order valence-electron chi connectivity index (χ3n) is 3.97. The number of nitrogens with zero attached hydrogens (tertiary/aromatic N) is 1. The molecule has 2 atom stereocenters. The Morgan fingerprint density at radius 3 is 2.68 bits per heavy atom. The summed E-state index contributed by atoms with van der Waals surface area (Å²) in [7, 11) is 3.75. The van der Waals surface area contributed by atoms with Gasteiger partial charge in [-0.2, -0.15) is 0 Å². The lowest BCUT2D eigenvalue weighted by Crippen LogP contribution is -2.51. The molecule has 0 saturated carbocycles. The molecule has 2 unspecified atom stereocenters. The number of methoxy groups -OCH3 is 1. The van der Waals surface area contributed by atoms with Crippen LogP contribution >= 0.6 is 0 Å². The fourth-order valence-corrected chi connectivity index (χ4v) is 2.82. The average molecular weight is 263 g/mol. The van der Waals surface area contributed by atoms with E-state index in [1.807, 2.05) is 13.1 Å². The molecule has 0 bridgehead atoms. The van der Waals surface area contributed by atoms with Crippen LogP contribution in [0, 0.1) is 0 Å². The molecule has 1 saturated heterocycles. The molecule has 2 N–H and O–H groups in total. The van der Waals surface area contributed by atoms with Gasteiger partial charge >= 0.3 is 0 Å². The van der Waals surface area contributed by atoms with Crippen LogP contribution in [-0.4, -0.2) is 51.3 Å². The molecule has 106 valence electrons.